The van der Waals surface area contributed by atoms with Gasteiger partial charge >= 0.3 is 5.97 Å². The maximum absolute atomic E-state index is 11.5. The largest absolute Gasteiger partial charge is 0.476 e. The highest BCUT2D eigenvalue weighted by Crippen LogP contribution is 2.41. The summed E-state index contributed by atoms with van der Waals surface area (Å²) in [7, 11) is 3.38. The Balaban J connectivity index is 2.13. The first-order valence-corrected chi connectivity index (χ1v) is 5.87. The molecule has 1 heterocycles. The van der Waals surface area contributed by atoms with E-state index in [0.29, 0.717) is 18.7 Å². The summed E-state index contributed by atoms with van der Waals surface area (Å²) in [6.45, 7) is 0.378. The van der Waals surface area contributed by atoms with Crippen molar-refractivity contribution >= 4 is 11.9 Å². The third-order valence-electron chi connectivity index (χ3n) is 2.98. The van der Waals surface area contributed by atoms with Crippen molar-refractivity contribution in [2.45, 2.75) is 31.7 Å². The molecule has 1 aliphatic carbocycles. The standard InChI is InChI=1S/C11H16N4O3/c1-14(2)8(16)5-6-15-10(7-3-4-7)9(11(17)18)12-13-15/h7H,3-6H2,1-2H3,(H,17,18). The fourth-order valence-corrected chi connectivity index (χ4v) is 1.82. The first kappa shape index (κ1) is 12.5. The first-order valence-electron chi connectivity index (χ1n) is 5.87. The topological polar surface area (TPSA) is 88.3 Å². The summed E-state index contributed by atoms with van der Waals surface area (Å²) < 4.78 is 1.56. The molecule has 1 fully saturated rings. The van der Waals surface area contributed by atoms with E-state index in [-0.39, 0.29) is 17.5 Å². The second kappa shape index (κ2) is 4.75. The van der Waals surface area contributed by atoms with Crippen molar-refractivity contribution in [3.8, 4) is 0 Å². The van der Waals surface area contributed by atoms with E-state index in [0.717, 1.165) is 12.8 Å². The molecular weight excluding hydrogens is 236 g/mol. The predicted octanol–water partition coefficient (Wildman–Crippen LogP) is 0.332. The predicted molar refractivity (Wildman–Crippen MR) is 62.3 cm³/mol. The molecule has 1 saturated carbocycles. The average molecular weight is 252 g/mol. The number of carboxylic acid groups (broad SMARTS) is 1. The third-order valence-corrected chi connectivity index (χ3v) is 2.98. The van der Waals surface area contributed by atoms with Gasteiger partial charge in [0.05, 0.1) is 12.2 Å². The lowest BCUT2D eigenvalue weighted by atomic mass is 10.2. The maximum atomic E-state index is 11.5. The zero-order valence-electron chi connectivity index (χ0n) is 10.5. The van der Waals surface area contributed by atoms with Crippen LogP contribution in [0.25, 0.3) is 0 Å². The van der Waals surface area contributed by atoms with Gasteiger partial charge in [0.15, 0.2) is 5.69 Å². The second-order valence-electron chi connectivity index (χ2n) is 4.66. The van der Waals surface area contributed by atoms with Crippen LogP contribution < -0.4 is 0 Å². The summed E-state index contributed by atoms with van der Waals surface area (Å²) in [4.78, 5) is 24.0. The summed E-state index contributed by atoms with van der Waals surface area (Å²) in [6, 6.07) is 0. The molecule has 0 aliphatic heterocycles. The molecule has 7 nitrogen and oxygen atoms in total. The molecule has 1 aromatic rings. The van der Waals surface area contributed by atoms with Gasteiger partial charge in [-0.15, -0.1) is 5.10 Å². The van der Waals surface area contributed by atoms with E-state index in [2.05, 4.69) is 10.3 Å². The molecule has 0 atom stereocenters. The maximum Gasteiger partial charge on any atom is 0.358 e. The molecule has 1 aliphatic rings. The van der Waals surface area contributed by atoms with Crippen LogP contribution in [-0.2, 0) is 11.3 Å². The van der Waals surface area contributed by atoms with Crippen LogP contribution in [0.2, 0.25) is 0 Å². The first-order chi connectivity index (χ1) is 8.50. The molecule has 0 bridgehead atoms. The van der Waals surface area contributed by atoms with E-state index in [1.54, 1.807) is 18.8 Å². The molecule has 0 spiro atoms. The molecule has 0 radical (unpaired) electrons. The summed E-state index contributed by atoms with van der Waals surface area (Å²) in [5.74, 6) is -0.827. The van der Waals surface area contributed by atoms with Gasteiger partial charge in [-0.3, -0.25) is 4.79 Å². The zero-order valence-corrected chi connectivity index (χ0v) is 10.5. The van der Waals surface area contributed by atoms with Crippen molar-refractivity contribution < 1.29 is 14.7 Å². The molecule has 0 aromatic carbocycles. The van der Waals surface area contributed by atoms with Crippen LogP contribution in [0.15, 0.2) is 0 Å². The minimum Gasteiger partial charge on any atom is -0.476 e. The Morgan fingerprint density at radius 1 is 1.44 bits per heavy atom. The molecule has 0 unspecified atom stereocenters. The Morgan fingerprint density at radius 2 is 2.11 bits per heavy atom. The lowest BCUT2D eigenvalue weighted by Crippen LogP contribution is -2.23. The number of carboxylic acids is 1. The van der Waals surface area contributed by atoms with Gasteiger partial charge in [-0.1, -0.05) is 5.21 Å². The van der Waals surface area contributed by atoms with Crippen molar-refractivity contribution in [3.05, 3.63) is 11.4 Å². The normalized spacial score (nSPS) is 14.6. The number of carbonyl (C=O) groups excluding carboxylic acids is 1. The van der Waals surface area contributed by atoms with Crippen LogP contribution in [0.5, 0.6) is 0 Å². The summed E-state index contributed by atoms with van der Waals surface area (Å²) >= 11 is 0. The molecule has 7 heteroatoms. The fourth-order valence-electron chi connectivity index (χ4n) is 1.82. The van der Waals surface area contributed by atoms with Crippen LogP contribution in [0.3, 0.4) is 0 Å². The van der Waals surface area contributed by atoms with Crippen LogP contribution in [0, 0.1) is 0 Å². The number of carbonyl (C=O) groups is 2. The van der Waals surface area contributed by atoms with Gasteiger partial charge in [0.2, 0.25) is 5.91 Å². The van der Waals surface area contributed by atoms with Gasteiger partial charge in [0, 0.05) is 26.4 Å². The van der Waals surface area contributed by atoms with Crippen molar-refractivity contribution in [1.29, 1.82) is 0 Å². The number of rotatable bonds is 5. The highest BCUT2D eigenvalue weighted by Gasteiger charge is 2.33. The number of aromatic nitrogens is 3. The van der Waals surface area contributed by atoms with Crippen molar-refractivity contribution in [3.63, 3.8) is 0 Å². The molecule has 18 heavy (non-hydrogen) atoms. The number of aryl methyl sites for hydroxylation is 1. The Bertz CT molecular complexity index is 477. The molecule has 1 aromatic heterocycles. The number of nitrogens with zero attached hydrogens (tertiary/aromatic N) is 4. The Labute approximate surface area is 104 Å². The number of hydrogen-bond donors (Lipinski definition) is 1. The van der Waals surface area contributed by atoms with Crippen molar-refractivity contribution in [2.75, 3.05) is 14.1 Å². The minimum absolute atomic E-state index is 0.0101. The smallest absolute Gasteiger partial charge is 0.358 e. The van der Waals surface area contributed by atoms with E-state index in [1.165, 1.54) is 4.90 Å². The van der Waals surface area contributed by atoms with Crippen molar-refractivity contribution in [2.24, 2.45) is 0 Å². The Hall–Kier alpha value is -1.92. The molecule has 0 saturated heterocycles. The average Bonchev–Trinajstić information content (AvgIpc) is 3.05. The second-order valence-corrected chi connectivity index (χ2v) is 4.66. The molecule has 98 valence electrons. The minimum atomic E-state index is -1.05. The molecule has 2 rings (SSSR count). The lowest BCUT2D eigenvalue weighted by molar-refractivity contribution is -0.128. The van der Waals surface area contributed by atoms with Gasteiger partial charge in [0.25, 0.3) is 0 Å². The van der Waals surface area contributed by atoms with Gasteiger partial charge in [-0.25, -0.2) is 9.48 Å². The Kier molecular flexibility index (Phi) is 3.31. The highest BCUT2D eigenvalue weighted by molar-refractivity contribution is 5.86. The van der Waals surface area contributed by atoms with E-state index in [4.69, 9.17) is 5.11 Å². The Morgan fingerprint density at radius 3 is 2.61 bits per heavy atom. The number of hydrogen-bond acceptors (Lipinski definition) is 4. The van der Waals surface area contributed by atoms with Crippen molar-refractivity contribution in [1.82, 2.24) is 19.9 Å². The van der Waals surface area contributed by atoms with Crippen LogP contribution in [0.1, 0.15) is 41.4 Å². The van der Waals surface area contributed by atoms with Gasteiger partial charge in [-0.2, -0.15) is 0 Å². The SMILES string of the molecule is CN(C)C(=O)CCn1nnc(C(=O)O)c1C1CC1. The summed E-state index contributed by atoms with van der Waals surface area (Å²) in [5.41, 5.74) is 0.684. The highest BCUT2D eigenvalue weighted by atomic mass is 16.4. The van der Waals surface area contributed by atoms with Crippen LogP contribution in [0.4, 0.5) is 0 Å². The summed E-state index contributed by atoms with van der Waals surface area (Å²) in [5, 5.41) is 16.6. The van der Waals surface area contributed by atoms with Gasteiger partial charge in [0.1, 0.15) is 0 Å². The lowest BCUT2D eigenvalue weighted by Gasteiger charge is -2.10. The number of aromatic carboxylic acids is 1. The quantitative estimate of drug-likeness (QED) is 0.816. The van der Waals surface area contributed by atoms with E-state index in [9.17, 15) is 9.59 Å². The zero-order chi connectivity index (χ0) is 13.3. The number of amides is 1. The van der Waals surface area contributed by atoms with E-state index in [1.807, 2.05) is 0 Å². The van der Waals surface area contributed by atoms with Gasteiger partial charge in [-0.05, 0) is 12.8 Å². The molecule has 1 amide bonds. The van der Waals surface area contributed by atoms with Crippen LogP contribution in [-0.4, -0.2) is 51.0 Å². The molecular formula is C11H16N4O3. The molecule has 1 N–H and O–H groups in total. The monoisotopic (exact) mass is 252 g/mol. The van der Waals surface area contributed by atoms with Gasteiger partial charge < -0.3 is 10.0 Å². The van der Waals surface area contributed by atoms with Crippen LogP contribution >= 0.6 is 0 Å². The van der Waals surface area contributed by atoms with E-state index >= 15 is 0 Å². The summed E-state index contributed by atoms with van der Waals surface area (Å²) in [6.07, 6.45) is 2.24. The third kappa shape index (κ3) is 2.49. The fraction of sp³-hybridized carbons (Fsp3) is 0.636. The van der Waals surface area contributed by atoms with E-state index < -0.39 is 5.97 Å².